The molecule has 2 aromatic rings. The van der Waals surface area contributed by atoms with E-state index in [-0.39, 0.29) is 24.2 Å². The second-order valence-electron chi connectivity index (χ2n) is 8.87. The topological polar surface area (TPSA) is 97.6 Å². The van der Waals surface area contributed by atoms with Crippen LogP contribution in [0.2, 0.25) is 0 Å². The van der Waals surface area contributed by atoms with Crippen molar-refractivity contribution >= 4 is 12.0 Å². The molecule has 2 atom stereocenters. The van der Waals surface area contributed by atoms with Crippen LogP contribution in [0.25, 0.3) is 11.4 Å². The van der Waals surface area contributed by atoms with Gasteiger partial charge in [-0.05, 0) is 53.2 Å². The van der Waals surface area contributed by atoms with Crippen LogP contribution in [0.1, 0.15) is 53.0 Å². The number of carbonyl (C=O) groups is 2. The monoisotopic (exact) mass is 418 g/mol. The van der Waals surface area contributed by atoms with Crippen molar-refractivity contribution in [1.82, 2.24) is 20.4 Å². The maximum Gasteiger partial charge on any atom is 0.410 e. The van der Waals surface area contributed by atoms with Crippen LogP contribution in [0.15, 0.2) is 28.8 Å². The molecule has 30 heavy (non-hydrogen) atoms. The number of hydrogen-bond donors (Lipinski definition) is 1. The van der Waals surface area contributed by atoms with Crippen molar-refractivity contribution in [3.05, 3.63) is 36.0 Å². The number of nitrogens with zero attached hydrogens (tertiary/aromatic N) is 3. The van der Waals surface area contributed by atoms with Crippen LogP contribution in [0.5, 0.6) is 0 Å². The van der Waals surface area contributed by atoms with E-state index in [2.05, 4.69) is 15.5 Å². The number of benzene rings is 1. The SMILES string of the molecule is CC(NC(=O)C1(C)CCN(C(=O)OC(C)(C)C)C1)c1nc(-c2cccc(F)c2)no1. The lowest BCUT2D eigenvalue weighted by atomic mass is 9.88. The molecule has 8 nitrogen and oxygen atoms in total. The highest BCUT2D eigenvalue weighted by Gasteiger charge is 2.43. The number of nitrogens with one attached hydrogen (secondary N) is 1. The third-order valence-electron chi connectivity index (χ3n) is 4.92. The molecule has 1 aliphatic heterocycles. The van der Waals surface area contributed by atoms with Gasteiger partial charge < -0.3 is 19.5 Å². The van der Waals surface area contributed by atoms with Crippen molar-refractivity contribution < 1.29 is 23.2 Å². The van der Waals surface area contributed by atoms with Crippen LogP contribution in [0.3, 0.4) is 0 Å². The van der Waals surface area contributed by atoms with E-state index in [9.17, 15) is 14.0 Å². The van der Waals surface area contributed by atoms with Crippen LogP contribution < -0.4 is 5.32 Å². The Morgan fingerprint density at radius 1 is 1.37 bits per heavy atom. The number of carbonyl (C=O) groups excluding carboxylic acids is 2. The zero-order valence-electron chi connectivity index (χ0n) is 17.9. The van der Waals surface area contributed by atoms with Gasteiger partial charge in [0.2, 0.25) is 17.6 Å². The molecule has 1 N–H and O–H groups in total. The van der Waals surface area contributed by atoms with Gasteiger partial charge in [0.05, 0.1) is 5.41 Å². The molecule has 162 valence electrons. The largest absolute Gasteiger partial charge is 0.444 e. The first-order valence-electron chi connectivity index (χ1n) is 9.85. The zero-order valence-corrected chi connectivity index (χ0v) is 17.9. The van der Waals surface area contributed by atoms with Crippen molar-refractivity contribution in [2.24, 2.45) is 5.41 Å². The van der Waals surface area contributed by atoms with Gasteiger partial charge in [0.25, 0.3) is 0 Å². The number of hydrogen-bond acceptors (Lipinski definition) is 6. The highest BCUT2D eigenvalue weighted by Crippen LogP contribution is 2.32. The van der Waals surface area contributed by atoms with Crippen molar-refractivity contribution in [2.75, 3.05) is 13.1 Å². The average Bonchev–Trinajstić information content (AvgIpc) is 3.28. The minimum atomic E-state index is -0.753. The van der Waals surface area contributed by atoms with Gasteiger partial charge in [0.1, 0.15) is 17.5 Å². The fourth-order valence-corrected chi connectivity index (χ4v) is 3.22. The zero-order chi connectivity index (χ0) is 22.1. The summed E-state index contributed by atoms with van der Waals surface area (Å²) >= 11 is 0. The first-order chi connectivity index (χ1) is 14.0. The van der Waals surface area contributed by atoms with Gasteiger partial charge in [-0.3, -0.25) is 4.79 Å². The lowest BCUT2D eigenvalue weighted by Crippen LogP contribution is -2.43. The summed E-state index contributed by atoms with van der Waals surface area (Å²) in [4.78, 5) is 31.0. The summed E-state index contributed by atoms with van der Waals surface area (Å²) in [5.74, 6) is -0.155. The third kappa shape index (κ3) is 4.95. The van der Waals surface area contributed by atoms with E-state index in [1.807, 2.05) is 6.92 Å². The maximum absolute atomic E-state index is 13.4. The number of rotatable bonds is 4. The summed E-state index contributed by atoms with van der Waals surface area (Å²) in [5, 5.41) is 6.74. The molecule has 3 rings (SSSR count). The molecule has 2 amide bonds. The van der Waals surface area contributed by atoms with Gasteiger partial charge in [-0.15, -0.1) is 0 Å². The number of likely N-dealkylation sites (tertiary alicyclic amines) is 1. The van der Waals surface area contributed by atoms with Crippen molar-refractivity contribution in [3.8, 4) is 11.4 Å². The van der Waals surface area contributed by atoms with E-state index in [1.54, 1.807) is 44.7 Å². The van der Waals surface area contributed by atoms with E-state index in [0.717, 1.165) is 0 Å². The molecular formula is C21H27FN4O4. The highest BCUT2D eigenvalue weighted by molar-refractivity contribution is 5.84. The Morgan fingerprint density at radius 3 is 2.77 bits per heavy atom. The maximum atomic E-state index is 13.4. The lowest BCUT2D eigenvalue weighted by molar-refractivity contribution is -0.130. The second kappa shape index (κ2) is 8.04. The summed E-state index contributed by atoms with van der Waals surface area (Å²) in [6.07, 6.45) is 0.0899. The Hall–Kier alpha value is -2.97. The molecule has 0 radical (unpaired) electrons. The highest BCUT2D eigenvalue weighted by atomic mass is 19.1. The lowest BCUT2D eigenvalue weighted by Gasteiger charge is -2.27. The van der Waals surface area contributed by atoms with Crippen LogP contribution >= 0.6 is 0 Å². The fourth-order valence-electron chi connectivity index (χ4n) is 3.22. The van der Waals surface area contributed by atoms with E-state index >= 15 is 0 Å². The van der Waals surface area contributed by atoms with Crippen molar-refractivity contribution in [3.63, 3.8) is 0 Å². The molecule has 2 unspecified atom stereocenters. The van der Waals surface area contributed by atoms with Gasteiger partial charge in [-0.2, -0.15) is 4.98 Å². The Bertz CT molecular complexity index is 939. The first-order valence-corrected chi connectivity index (χ1v) is 9.85. The Balaban J connectivity index is 1.62. The van der Waals surface area contributed by atoms with Crippen LogP contribution in [0, 0.1) is 11.2 Å². The Labute approximate surface area is 174 Å². The van der Waals surface area contributed by atoms with Gasteiger partial charge in [0.15, 0.2) is 0 Å². The molecule has 0 saturated carbocycles. The van der Waals surface area contributed by atoms with Crippen LogP contribution in [-0.4, -0.2) is 45.7 Å². The standard InChI is InChI=1S/C21H27FN4O4/c1-13(17-24-16(25-30-17)14-7-6-8-15(22)11-14)23-18(27)21(5)9-10-26(12-21)19(28)29-20(2,3)4/h6-8,11,13H,9-10,12H2,1-5H3,(H,23,27). The molecular weight excluding hydrogens is 391 g/mol. The molecule has 0 aliphatic carbocycles. The summed E-state index contributed by atoms with van der Waals surface area (Å²) in [7, 11) is 0. The van der Waals surface area contributed by atoms with E-state index < -0.39 is 29.0 Å². The summed E-state index contributed by atoms with van der Waals surface area (Å²) in [6, 6.07) is 5.33. The number of aromatic nitrogens is 2. The molecule has 1 aromatic heterocycles. The molecule has 2 heterocycles. The molecule has 0 bridgehead atoms. The smallest absolute Gasteiger partial charge is 0.410 e. The van der Waals surface area contributed by atoms with Crippen LogP contribution in [-0.2, 0) is 9.53 Å². The molecule has 1 fully saturated rings. The number of amides is 2. The quantitative estimate of drug-likeness (QED) is 0.813. The molecule has 0 spiro atoms. The van der Waals surface area contributed by atoms with Gasteiger partial charge in [0, 0.05) is 18.7 Å². The van der Waals surface area contributed by atoms with Gasteiger partial charge in [-0.25, -0.2) is 9.18 Å². The third-order valence-corrected chi connectivity index (χ3v) is 4.92. The molecule has 1 aromatic carbocycles. The molecule has 1 aliphatic rings. The average molecular weight is 418 g/mol. The first kappa shape index (κ1) is 21.7. The minimum absolute atomic E-state index is 0.216. The van der Waals surface area contributed by atoms with E-state index in [4.69, 9.17) is 9.26 Å². The fraction of sp³-hybridized carbons (Fsp3) is 0.524. The predicted molar refractivity (Wildman–Crippen MR) is 107 cm³/mol. The Kier molecular flexibility index (Phi) is 5.83. The van der Waals surface area contributed by atoms with Crippen molar-refractivity contribution in [1.29, 1.82) is 0 Å². The number of halogens is 1. The van der Waals surface area contributed by atoms with Gasteiger partial charge >= 0.3 is 6.09 Å². The second-order valence-corrected chi connectivity index (χ2v) is 8.87. The normalized spacial score (nSPS) is 20.1. The van der Waals surface area contributed by atoms with Crippen molar-refractivity contribution in [2.45, 2.75) is 52.7 Å². The number of ether oxygens (including phenoxy) is 1. The predicted octanol–water partition coefficient (Wildman–Crippen LogP) is 3.70. The summed E-state index contributed by atoms with van der Waals surface area (Å²) in [5.41, 5.74) is -0.861. The minimum Gasteiger partial charge on any atom is -0.444 e. The molecule has 9 heteroatoms. The summed E-state index contributed by atoms with van der Waals surface area (Å²) in [6.45, 7) is 9.65. The summed E-state index contributed by atoms with van der Waals surface area (Å²) < 4.78 is 24.0. The van der Waals surface area contributed by atoms with Gasteiger partial charge in [-0.1, -0.05) is 17.3 Å². The van der Waals surface area contributed by atoms with E-state index in [0.29, 0.717) is 18.5 Å². The van der Waals surface area contributed by atoms with E-state index in [1.165, 1.54) is 12.1 Å². The molecule has 1 saturated heterocycles. The Morgan fingerprint density at radius 2 is 2.10 bits per heavy atom. The van der Waals surface area contributed by atoms with Crippen LogP contribution in [0.4, 0.5) is 9.18 Å².